The number of carbonyl (C=O) groups excluding carboxylic acids is 4. The average molecular weight is 443 g/mol. The highest BCUT2D eigenvalue weighted by atomic mass is 16.6. The molecule has 1 N–H and O–H groups in total. The average Bonchev–Trinajstić information content (AvgIpc) is 2.94. The Bertz CT molecular complexity index is 918. The number of anilines is 1. The molecule has 3 heterocycles. The van der Waals surface area contributed by atoms with E-state index in [2.05, 4.69) is 17.1 Å². The lowest BCUT2D eigenvalue weighted by Gasteiger charge is -2.29. The van der Waals surface area contributed by atoms with Crippen molar-refractivity contribution in [1.29, 1.82) is 0 Å². The zero-order valence-corrected chi connectivity index (χ0v) is 18.5. The number of fused-ring (bicyclic) bond motifs is 1. The third-order valence-electron chi connectivity index (χ3n) is 6.35. The standard InChI is InChI=1S/C23H30N4O5/c1-2-3-13-32-23(31)26-10-4-9-25(11-12-26)17-5-6-18-16(14-17)15-27(22(18)30)19-7-8-20(28)24-21(19)29/h5-6,14,19H,2-4,7-13,15H2,1H3,(H,24,28,29). The Balaban J connectivity index is 1.40. The van der Waals surface area contributed by atoms with Crippen LogP contribution in [0, 0.1) is 0 Å². The van der Waals surface area contributed by atoms with Gasteiger partial charge in [0.2, 0.25) is 11.8 Å². The molecule has 9 nitrogen and oxygen atoms in total. The van der Waals surface area contributed by atoms with Gasteiger partial charge in [0.25, 0.3) is 5.91 Å². The number of hydrogen-bond acceptors (Lipinski definition) is 6. The van der Waals surface area contributed by atoms with Crippen LogP contribution < -0.4 is 10.2 Å². The summed E-state index contributed by atoms with van der Waals surface area (Å²) < 4.78 is 5.35. The molecule has 3 aliphatic heterocycles. The quantitative estimate of drug-likeness (QED) is 0.552. The molecule has 1 unspecified atom stereocenters. The smallest absolute Gasteiger partial charge is 0.409 e. The van der Waals surface area contributed by atoms with Crippen molar-refractivity contribution >= 4 is 29.5 Å². The molecule has 1 aromatic rings. The second-order valence-corrected chi connectivity index (χ2v) is 8.54. The van der Waals surface area contributed by atoms with Gasteiger partial charge in [0, 0.05) is 50.4 Å². The number of unbranched alkanes of at least 4 members (excludes halogenated alkanes) is 1. The molecule has 0 aliphatic carbocycles. The maximum absolute atomic E-state index is 12.9. The summed E-state index contributed by atoms with van der Waals surface area (Å²) in [4.78, 5) is 54.4. The lowest BCUT2D eigenvalue weighted by atomic mass is 10.0. The highest BCUT2D eigenvalue weighted by Crippen LogP contribution is 2.31. The van der Waals surface area contributed by atoms with E-state index in [4.69, 9.17) is 4.74 Å². The molecule has 0 bridgehead atoms. The van der Waals surface area contributed by atoms with Crippen LogP contribution in [0.5, 0.6) is 0 Å². The van der Waals surface area contributed by atoms with Crippen molar-refractivity contribution in [3.8, 4) is 0 Å². The van der Waals surface area contributed by atoms with Gasteiger partial charge in [-0.05, 0) is 43.0 Å². The van der Waals surface area contributed by atoms with E-state index >= 15 is 0 Å². The van der Waals surface area contributed by atoms with Crippen LogP contribution in [-0.4, -0.2) is 72.4 Å². The first-order chi connectivity index (χ1) is 15.5. The van der Waals surface area contributed by atoms with Crippen molar-refractivity contribution < 1.29 is 23.9 Å². The zero-order valence-electron chi connectivity index (χ0n) is 18.5. The third-order valence-corrected chi connectivity index (χ3v) is 6.35. The zero-order chi connectivity index (χ0) is 22.7. The van der Waals surface area contributed by atoms with E-state index in [9.17, 15) is 19.2 Å². The number of carbonyl (C=O) groups is 4. The number of ether oxygens (including phenoxy) is 1. The Morgan fingerprint density at radius 3 is 2.78 bits per heavy atom. The first-order valence-electron chi connectivity index (χ1n) is 11.4. The number of rotatable bonds is 5. The maximum Gasteiger partial charge on any atom is 0.409 e. The fourth-order valence-electron chi connectivity index (χ4n) is 4.51. The molecule has 3 aliphatic rings. The van der Waals surface area contributed by atoms with Gasteiger partial charge in [-0.1, -0.05) is 13.3 Å². The summed E-state index contributed by atoms with van der Waals surface area (Å²) in [7, 11) is 0. The van der Waals surface area contributed by atoms with Crippen molar-refractivity contribution in [3.63, 3.8) is 0 Å². The Morgan fingerprint density at radius 1 is 1.16 bits per heavy atom. The molecule has 2 fully saturated rings. The molecule has 4 amide bonds. The van der Waals surface area contributed by atoms with Gasteiger partial charge < -0.3 is 19.4 Å². The summed E-state index contributed by atoms with van der Waals surface area (Å²) in [6.07, 6.45) is 3.04. The van der Waals surface area contributed by atoms with E-state index in [0.29, 0.717) is 44.8 Å². The van der Waals surface area contributed by atoms with E-state index in [1.54, 1.807) is 9.80 Å². The molecular weight excluding hydrogens is 412 g/mol. The van der Waals surface area contributed by atoms with Gasteiger partial charge in [-0.25, -0.2) is 4.79 Å². The van der Waals surface area contributed by atoms with Crippen molar-refractivity contribution in [2.45, 2.75) is 51.6 Å². The van der Waals surface area contributed by atoms with E-state index in [1.165, 1.54) is 0 Å². The fraction of sp³-hybridized carbons (Fsp3) is 0.565. The van der Waals surface area contributed by atoms with Crippen LogP contribution in [0.3, 0.4) is 0 Å². The van der Waals surface area contributed by atoms with Crippen LogP contribution >= 0.6 is 0 Å². The molecular formula is C23H30N4O5. The third kappa shape index (κ3) is 4.56. The molecule has 172 valence electrons. The molecule has 9 heteroatoms. The van der Waals surface area contributed by atoms with Crippen molar-refractivity contribution in [3.05, 3.63) is 29.3 Å². The number of hydrogen-bond donors (Lipinski definition) is 1. The number of nitrogens with zero attached hydrogens (tertiary/aromatic N) is 3. The van der Waals surface area contributed by atoms with Crippen LogP contribution in [0.2, 0.25) is 0 Å². The summed E-state index contributed by atoms with van der Waals surface area (Å²) in [5.74, 6) is -0.860. The minimum absolute atomic E-state index is 0.169. The van der Waals surface area contributed by atoms with Crippen molar-refractivity contribution in [2.24, 2.45) is 0 Å². The maximum atomic E-state index is 12.9. The first kappa shape index (κ1) is 22.1. The predicted molar refractivity (Wildman–Crippen MR) is 117 cm³/mol. The topological polar surface area (TPSA) is 99.3 Å². The highest BCUT2D eigenvalue weighted by molar-refractivity contribution is 6.05. The molecule has 4 rings (SSSR count). The van der Waals surface area contributed by atoms with Gasteiger partial charge in [-0.3, -0.25) is 19.7 Å². The number of amides is 4. The number of benzene rings is 1. The van der Waals surface area contributed by atoms with Gasteiger partial charge >= 0.3 is 6.09 Å². The van der Waals surface area contributed by atoms with Gasteiger partial charge in [-0.15, -0.1) is 0 Å². The van der Waals surface area contributed by atoms with Crippen LogP contribution in [0.25, 0.3) is 0 Å². The van der Waals surface area contributed by atoms with Crippen LogP contribution in [0.1, 0.15) is 54.9 Å². The first-order valence-corrected chi connectivity index (χ1v) is 11.4. The lowest BCUT2D eigenvalue weighted by molar-refractivity contribution is -0.136. The van der Waals surface area contributed by atoms with Crippen LogP contribution in [-0.2, 0) is 20.9 Å². The fourth-order valence-corrected chi connectivity index (χ4v) is 4.51. The molecule has 0 radical (unpaired) electrons. The van der Waals surface area contributed by atoms with E-state index in [-0.39, 0.29) is 24.3 Å². The van der Waals surface area contributed by atoms with Gasteiger partial charge in [-0.2, -0.15) is 0 Å². The monoisotopic (exact) mass is 442 g/mol. The normalized spacial score (nSPS) is 21.3. The summed E-state index contributed by atoms with van der Waals surface area (Å²) in [5, 5.41) is 2.33. The van der Waals surface area contributed by atoms with E-state index in [1.807, 2.05) is 18.2 Å². The Kier molecular flexibility index (Phi) is 6.62. The summed E-state index contributed by atoms with van der Waals surface area (Å²) >= 11 is 0. The van der Waals surface area contributed by atoms with Crippen molar-refractivity contribution in [2.75, 3.05) is 37.7 Å². The Hall–Kier alpha value is -3.10. The molecule has 0 saturated carbocycles. The summed E-state index contributed by atoms with van der Waals surface area (Å²) in [6.45, 7) is 5.62. The Morgan fingerprint density at radius 2 is 2.00 bits per heavy atom. The minimum atomic E-state index is -0.610. The Labute approximate surface area is 187 Å². The minimum Gasteiger partial charge on any atom is -0.449 e. The molecule has 0 aromatic heterocycles. The highest BCUT2D eigenvalue weighted by Gasteiger charge is 2.39. The summed E-state index contributed by atoms with van der Waals surface area (Å²) in [5.41, 5.74) is 2.49. The number of nitrogens with one attached hydrogen (secondary N) is 1. The van der Waals surface area contributed by atoms with Crippen LogP contribution in [0.15, 0.2) is 18.2 Å². The van der Waals surface area contributed by atoms with Gasteiger partial charge in [0.05, 0.1) is 6.61 Å². The molecule has 1 aromatic carbocycles. The largest absolute Gasteiger partial charge is 0.449 e. The summed E-state index contributed by atoms with van der Waals surface area (Å²) in [6, 6.07) is 5.15. The second-order valence-electron chi connectivity index (χ2n) is 8.54. The lowest BCUT2D eigenvalue weighted by Crippen LogP contribution is -2.52. The number of imide groups is 1. The van der Waals surface area contributed by atoms with Crippen molar-refractivity contribution in [1.82, 2.24) is 15.1 Å². The second kappa shape index (κ2) is 9.58. The molecule has 1 atom stereocenters. The molecule has 32 heavy (non-hydrogen) atoms. The van der Waals surface area contributed by atoms with E-state index in [0.717, 1.165) is 37.1 Å². The SMILES string of the molecule is CCCCOC(=O)N1CCCN(c2ccc3c(c2)CN(C2CCC(=O)NC2=O)C3=O)CC1. The van der Waals surface area contributed by atoms with Crippen LogP contribution in [0.4, 0.5) is 10.5 Å². The number of piperidine rings is 1. The molecule has 0 spiro atoms. The molecule has 2 saturated heterocycles. The predicted octanol–water partition coefficient (Wildman–Crippen LogP) is 1.90. The van der Waals surface area contributed by atoms with Gasteiger partial charge in [0.15, 0.2) is 0 Å². The van der Waals surface area contributed by atoms with Gasteiger partial charge in [0.1, 0.15) is 6.04 Å². The van der Waals surface area contributed by atoms with E-state index < -0.39 is 11.9 Å².